The molecule has 4 heteroatoms. The van der Waals surface area contributed by atoms with E-state index in [1.807, 2.05) is 48.5 Å². The number of para-hydroxylation sites is 1. The van der Waals surface area contributed by atoms with Gasteiger partial charge in [0.05, 0.1) is 18.7 Å². The number of hydrogen-bond donors (Lipinski definition) is 0. The minimum Gasteiger partial charge on any atom is -0.497 e. The Morgan fingerprint density at radius 3 is 2.24 bits per heavy atom. The van der Waals surface area contributed by atoms with Crippen LogP contribution in [-0.4, -0.2) is 14.2 Å². The second-order valence-electron chi connectivity index (χ2n) is 4.57. The SMILES string of the molecule is COc1cc(OC)cc(-c2cc(=S)c3ccccc3o2)c1. The van der Waals surface area contributed by atoms with Crippen molar-refractivity contribution in [1.29, 1.82) is 0 Å². The van der Waals surface area contributed by atoms with Gasteiger partial charge in [0.2, 0.25) is 0 Å². The van der Waals surface area contributed by atoms with Gasteiger partial charge in [-0.2, -0.15) is 0 Å². The molecule has 0 aliphatic rings. The van der Waals surface area contributed by atoms with Crippen molar-refractivity contribution in [1.82, 2.24) is 0 Å². The van der Waals surface area contributed by atoms with Crippen LogP contribution in [0.4, 0.5) is 0 Å². The Bertz CT molecular complexity index is 830. The van der Waals surface area contributed by atoms with Gasteiger partial charge in [0.1, 0.15) is 22.8 Å². The minimum absolute atomic E-state index is 0.691. The van der Waals surface area contributed by atoms with Crippen LogP contribution in [0.5, 0.6) is 11.5 Å². The predicted octanol–water partition coefficient (Wildman–Crippen LogP) is 4.85. The lowest BCUT2D eigenvalue weighted by Gasteiger charge is -2.09. The van der Waals surface area contributed by atoms with Crippen LogP contribution in [-0.2, 0) is 0 Å². The molecule has 0 aliphatic heterocycles. The van der Waals surface area contributed by atoms with Gasteiger partial charge in [-0.3, -0.25) is 0 Å². The molecule has 0 saturated heterocycles. The Morgan fingerprint density at radius 2 is 1.57 bits per heavy atom. The normalized spacial score (nSPS) is 10.6. The van der Waals surface area contributed by atoms with E-state index in [2.05, 4.69) is 0 Å². The molecule has 3 nitrogen and oxygen atoms in total. The van der Waals surface area contributed by atoms with E-state index in [-0.39, 0.29) is 0 Å². The summed E-state index contributed by atoms with van der Waals surface area (Å²) in [6.07, 6.45) is 0. The Hall–Kier alpha value is -2.33. The number of rotatable bonds is 3. The van der Waals surface area contributed by atoms with Crippen LogP contribution in [0.25, 0.3) is 22.3 Å². The maximum absolute atomic E-state index is 5.95. The molecule has 0 atom stereocenters. The van der Waals surface area contributed by atoms with Crippen molar-refractivity contribution in [3.05, 3.63) is 53.0 Å². The molecule has 0 fully saturated rings. The second kappa shape index (κ2) is 5.58. The Labute approximate surface area is 127 Å². The van der Waals surface area contributed by atoms with E-state index in [0.29, 0.717) is 17.3 Å². The molecule has 106 valence electrons. The highest BCUT2D eigenvalue weighted by atomic mass is 32.1. The smallest absolute Gasteiger partial charge is 0.136 e. The summed E-state index contributed by atoms with van der Waals surface area (Å²) in [6, 6.07) is 15.2. The van der Waals surface area contributed by atoms with E-state index in [0.717, 1.165) is 21.0 Å². The first-order valence-corrected chi connectivity index (χ1v) is 6.88. The predicted molar refractivity (Wildman–Crippen MR) is 85.6 cm³/mol. The van der Waals surface area contributed by atoms with Gasteiger partial charge < -0.3 is 13.9 Å². The van der Waals surface area contributed by atoms with Crippen LogP contribution < -0.4 is 9.47 Å². The Morgan fingerprint density at radius 1 is 0.905 bits per heavy atom. The van der Waals surface area contributed by atoms with Crippen molar-refractivity contribution in [3.63, 3.8) is 0 Å². The molecular weight excluding hydrogens is 284 g/mol. The quantitative estimate of drug-likeness (QED) is 0.647. The monoisotopic (exact) mass is 298 g/mol. The first-order valence-electron chi connectivity index (χ1n) is 6.47. The van der Waals surface area contributed by atoms with Gasteiger partial charge in [-0.05, 0) is 24.3 Å². The molecule has 1 aromatic heterocycles. The van der Waals surface area contributed by atoms with Gasteiger partial charge in [-0.1, -0.05) is 24.4 Å². The van der Waals surface area contributed by atoms with Gasteiger partial charge in [0.15, 0.2) is 0 Å². The molecule has 0 amide bonds. The summed E-state index contributed by atoms with van der Waals surface area (Å²) in [5.74, 6) is 2.10. The summed E-state index contributed by atoms with van der Waals surface area (Å²) in [5, 5.41) is 0.936. The van der Waals surface area contributed by atoms with Gasteiger partial charge in [0, 0.05) is 23.1 Å². The van der Waals surface area contributed by atoms with Crippen molar-refractivity contribution in [3.8, 4) is 22.8 Å². The Balaban J connectivity index is 2.22. The lowest BCUT2D eigenvalue weighted by atomic mass is 10.1. The molecule has 0 spiro atoms. The average Bonchev–Trinajstić information content (AvgIpc) is 2.54. The van der Waals surface area contributed by atoms with Crippen molar-refractivity contribution in [2.45, 2.75) is 0 Å². The summed E-state index contributed by atoms with van der Waals surface area (Å²) in [6.45, 7) is 0. The molecule has 3 aromatic rings. The topological polar surface area (TPSA) is 31.6 Å². The highest BCUT2D eigenvalue weighted by molar-refractivity contribution is 7.71. The summed E-state index contributed by atoms with van der Waals surface area (Å²) in [7, 11) is 3.24. The molecule has 21 heavy (non-hydrogen) atoms. The van der Waals surface area contributed by atoms with E-state index in [1.54, 1.807) is 14.2 Å². The molecule has 0 saturated carbocycles. The van der Waals surface area contributed by atoms with Crippen LogP contribution in [0.15, 0.2) is 52.9 Å². The standard InChI is InChI=1S/C17H14O3S/c1-18-12-7-11(8-13(9-12)19-2)16-10-17(21)14-5-3-4-6-15(14)20-16/h3-10H,1-2H3. The first-order chi connectivity index (χ1) is 10.2. The largest absolute Gasteiger partial charge is 0.497 e. The molecule has 3 rings (SSSR count). The van der Waals surface area contributed by atoms with E-state index in [4.69, 9.17) is 26.1 Å². The third-order valence-corrected chi connectivity index (χ3v) is 3.61. The van der Waals surface area contributed by atoms with E-state index in [9.17, 15) is 0 Å². The number of fused-ring (bicyclic) bond motifs is 1. The number of ether oxygens (including phenoxy) is 2. The lowest BCUT2D eigenvalue weighted by Crippen LogP contribution is -1.89. The average molecular weight is 298 g/mol. The van der Waals surface area contributed by atoms with Crippen LogP contribution in [0, 0.1) is 4.51 Å². The zero-order chi connectivity index (χ0) is 14.8. The van der Waals surface area contributed by atoms with E-state index >= 15 is 0 Å². The molecule has 0 unspecified atom stereocenters. The summed E-state index contributed by atoms with van der Waals surface area (Å²) in [4.78, 5) is 0. The van der Waals surface area contributed by atoms with Crippen molar-refractivity contribution in [2.24, 2.45) is 0 Å². The molecule has 0 aliphatic carbocycles. The molecule has 2 aromatic carbocycles. The summed E-state index contributed by atoms with van der Waals surface area (Å²) < 4.78 is 17.3. The Kier molecular flexibility index (Phi) is 3.62. The number of methoxy groups -OCH3 is 2. The van der Waals surface area contributed by atoms with Crippen molar-refractivity contribution >= 4 is 23.2 Å². The highest BCUT2D eigenvalue weighted by Crippen LogP contribution is 2.32. The van der Waals surface area contributed by atoms with Gasteiger partial charge in [0.25, 0.3) is 0 Å². The van der Waals surface area contributed by atoms with Crippen LogP contribution in [0.3, 0.4) is 0 Å². The fraction of sp³-hybridized carbons (Fsp3) is 0.118. The second-order valence-corrected chi connectivity index (χ2v) is 5.01. The van der Waals surface area contributed by atoms with E-state index < -0.39 is 0 Å². The van der Waals surface area contributed by atoms with Crippen LogP contribution in [0.2, 0.25) is 0 Å². The zero-order valence-corrected chi connectivity index (χ0v) is 12.6. The highest BCUT2D eigenvalue weighted by Gasteiger charge is 2.08. The number of benzene rings is 2. The molecule has 0 N–H and O–H groups in total. The van der Waals surface area contributed by atoms with Crippen molar-refractivity contribution < 1.29 is 13.9 Å². The maximum atomic E-state index is 5.95. The van der Waals surface area contributed by atoms with Crippen LogP contribution >= 0.6 is 12.2 Å². The maximum Gasteiger partial charge on any atom is 0.136 e. The molecule has 0 radical (unpaired) electrons. The van der Waals surface area contributed by atoms with E-state index in [1.165, 1.54) is 0 Å². The van der Waals surface area contributed by atoms with Gasteiger partial charge in [-0.15, -0.1) is 0 Å². The van der Waals surface area contributed by atoms with Crippen molar-refractivity contribution in [2.75, 3.05) is 14.2 Å². The summed E-state index contributed by atoms with van der Waals surface area (Å²) >= 11 is 5.44. The fourth-order valence-electron chi connectivity index (χ4n) is 2.20. The first kappa shape index (κ1) is 13.6. The third-order valence-electron chi connectivity index (χ3n) is 3.27. The molecule has 0 bridgehead atoms. The molecular formula is C17H14O3S. The minimum atomic E-state index is 0.691. The summed E-state index contributed by atoms with van der Waals surface area (Å²) in [5.41, 5.74) is 1.63. The van der Waals surface area contributed by atoms with Crippen LogP contribution in [0.1, 0.15) is 0 Å². The number of hydrogen-bond acceptors (Lipinski definition) is 4. The third kappa shape index (κ3) is 2.62. The molecule has 1 heterocycles. The van der Waals surface area contributed by atoms with Gasteiger partial charge >= 0.3 is 0 Å². The lowest BCUT2D eigenvalue weighted by molar-refractivity contribution is 0.394. The van der Waals surface area contributed by atoms with Gasteiger partial charge in [-0.25, -0.2) is 0 Å². The zero-order valence-electron chi connectivity index (χ0n) is 11.8. The fourth-order valence-corrected chi connectivity index (χ4v) is 2.47.